The average Bonchev–Trinajstić information content (AvgIpc) is 3.39. The Bertz CT molecular complexity index is 1390. The zero-order valence-electron chi connectivity index (χ0n) is 17.3. The number of amides is 1. The maximum absolute atomic E-state index is 13.2. The van der Waals surface area contributed by atoms with Gasteiger partial charge in [-0.3, -0.25) is 4.79 Å². The van der Waals surface area contributed by atoms with E-state index in [-0.39, 0.29) is 10.6 Å². The van der Waals surface area contributed by atoms with Crippen molar-refractivity contribution in [2.75, 3.05) is 19.4 Å². The van der Waals surface area contributed by atoms with E-state index in [1.54, 1.807) is 32.0 Å². The molecule has 0 saturated heterocycles. The molecule has 31 heavy (non-hydrogen) atoms. The van der Waals surface area contributed by atoms with Gasteiger partial charge in [-0.05, 0) is 49.1 Å². The second kappa shape index (κ2) is 7.88. The summed E-state index contributed by atoms with van der Waals surface area (Å²) < 4.78 is 31.7. The summed E-state index contributed by atoms with van der Waals surface area (Å²) >= 11 is 1.50. The molecule has 4 rings (SSSR count). The van der Waals surface area contributed by atoms with Gasteiger partial charge in [0.25, 0.3) is 11.6 Å². The first kappa shape index (κ1) is 21.2. The molecule has 0 aliphatic heterocycles. The number of aryl methyl sites for hydroxylation is 2. The third-order valence-corrected chi connectivity index (χ3v) is 7.69. The molecule has 0 atom stereocenters. The van der Waals surface area contributed by atoms with Gasteiger partial charge in [0, 0.05) is 19.8 Å². The Labute approximate surface area is 183 Å². The lowest BCUT2D eigenvalue weighted by Crippen LogP contribution is -2.23. The highest BCUT2D eigenvalue weighted by Crippen LogP contribution is 2.30. The quantitative estimate of drug-likeness (QED) is 0.485. The molecule has 4 aromatic rings. The molecule has 160 valence electrons. The number of benzene rings is 1. The third-order valence-electron chi connectivity index (χ3n) is 4.84. The number of carbonyl (C=O) groups excluding carboxylic acids is 1. The van der Waals surface area contributed by atoms with E-state index in [1.165, 1.54) is 31.5 Å². The molecule has 0 saturated carbocycles. The van der Waals surface area contributed by atoms with Gasteiger partial charge in [0.05, 0.1) is 32.1 Å². The molecule has 0 radical (unpaired) electrons. The summed E-state index contributed by atoms with van der Waals surface area (Å²) in [5.41, 5.74) is 2.73. The highest BCUT2D eigenvalue weighted by atomic mass is 32.2. The minimum absolute atomic E-state index is 0.135. The molecule has 1 aromatic carbocycles. The molecule has 0 aliphatic rings. The van der Waals surface area contributed by atoms with Crippen LogP contribution in [0.15, 0.2) is 51.2 Å². The number of nitrogens with zero attached hydrogens (tertiary/aromatic N) is 3. The van der Waals surface area contributed by atoms with Gasteiger partial charge < -0.3 is 9.84 Å². The minimum atomic E-state index is -3.65. The van der Waals surface area contributed by atoms with Gasteiger partial charge in [-0.25, -0.2) is 17.7 Å². The molecule has 0 aliphatic carbocycles. The first-order valence-electron chi connectivity index (χ1n) is 9.34. The molecule has 1 amide bonds. The zero-order chi connectivity index (χ0) is 22.3. The maximum Gasteiger partial charge on any atom is 0.259 e. The Morgan fingerprint density at radius 3 is 2.61 bits per heavy atom. The normalized spacial score (nSPS) is 11.9. The van der Waals surface area contributed by atoms with Crippen molar-refractivity contribution in [3.05, 3.63) is 58.6 Å². The van der Waals surface area contributed by atoms with E-state index in [0.717, 1.165) is 9.18 Å². The van der Waals surface area contributed by atoms with Crippen molar-refractivity contribution in [3.63, 3.8) is 0 Å². The number of anilines is 1. The molecule has 0 unspecified atom stereocenters. The van der Waals surface area contributed by atoms with Crippen molar-refractivity contribution in [2.24, 2.45) is 0 Å². The Balaban J connectivity index is 1.77. The van der Waals surface area contributed by atoms with Gasteiger partial charge in [-0.2, -0.15) is 0 Å². The summed E-state index contributed by atoms with van der Waals surface area (Å²) in [7, 11) is -0.717. The van der Waals surface area contributed by atoms with Crippen LogP contribution in [-0.4, -0.2) is 42.9 Å². The number of hydrogen-bond donors (Lipinski definition) is 1. The number of carbonyl (C=O) groups is 1. The van der Waals surface area contributed by atoms with Crippen LogP contribution in [0.3, 0.4) is 0 Å². The van der Waals surface area contributed by atoms with Crippen molar-refractivity contribution >= 4 is 44.1 Å². The van der Waals surface area contributed by atoms with Crippen LogP contribution in [-0.2, 0) is 10.0 Å². The van der Waals surface area contributed by atoms with Crippen LogP contribution in [0.4, 0.5) is 5.69 Å². The first-order valence-corrected chi connectivity index (χ1v) is 11.7. The van der Waals surface area contributed by atoms with E-state index < -0.39 is 15.9 Å². The topological polar surface area (TPSA) is 105 Å². The van der Waals surface area contributed by atoms with Crippen LogP contribution in [0.2, 0.25) is 0 Å². The number of thiophene rings is 1. The van der Waals surface area contributed by atoms with Crippen molar-refractivity contribution in [1.29, 1.82) is 0 Å². The van der Waals surface area contributed by atoms with Crippen LogP contribution in [0.25, 0.3) is 21.7 Å². The zero-order valence-corrected chi connectivity index (χ0v) is 19.0. The van der Waals surface area contributed by atoms with E-state index in [9.17, 15) is 13.2 Å². The van der Waals surface area contributed by atoms with Gasteiger partial charge in [0.1, 0.15) is 0 Å². The van der Waals surface area contributed by atoms with Crippen LogP contribution in [0.5, 0.6) is 0 Å². The predicted octanol–water partition coefficient (Wildman–Crippen LogP) is 4.07. The fraction of sp³-hybridized carbons (Fsp3) is 0.190. The second-order valence-electron chi connectivity index (χ2n) is 7.20. The van der Waals surface area contributed by atoms with Crippen molar-refractivity contribution < 1.29 is 17.7 Å². The van der Waals surface area contributed by atoms with Crippen LogP contribution < -0.4 is 5.32 Å². The van der Waals surface area contributed by atoms with Crippen LogP contribution in [0, 0.1) is 13.8 Å². The van der Waals surface area contributed by atoms with E-state index >= 15 is 0 Å². The average molecular weight is 457 g/mol. The second-order valence-corrected chi connectivity index (χ2v) is 10.3. The number of fused-ring (bicyclic) bond motifs is 1. The van der Waals surface area contributed by atoms with Gasteiger partial charge >= 0.3 is 0 Å². The van der Waals surface area contributed by atoms with Gasteiger partial charge in [0.2, 0.25) is 10.0 Å². The van der Waals surface area contributed by atoms with Gasteiger partial charge in [0.15, 0.2) is 0 Å². The van der Waals surface area contributed by atoms with Crippen LogP contribution >= 0.6 is 11.3 Å². The summed E-state index contributed by atoms with van der Waals surface area (Å²) in [5.74, 6) is -0.409. The molecule has 0 spiro atoms. The fourth-order valence-electron chi connectivity index (χ4n) is 3.18. The fourth-order valence-corrected chi connectivity index (χ4v) is 5.01. The highest BCUT2D eigenvalue weighted by molar-refractivity contribution is 7.89. The lowest BCUT2D eigenvalue weighted by molar-refractivity contribution is 0.102. The van der Waals surface area contributed by atoms with E-state index in [1.807, 2.05) is 17.5 Å². The van der Waals surface area contributed by atoms with Crippen molar-refractivity contribution in [1.82, 2.24) is 14.4 Å². The summed E-state index contributed by atoms with van der Waals surface area (Å²) in [6.07, 6.45) is 0. The molecule has 0 bridgehead atoms. The standard InChI is InChI=1S/C21H20N4O4S2/c1-12-7-8-14(10-18(12)31(27,28)25(3)4)22-20(26)15-11-16(17-6-5-9-30-17)23-21-19(15)13(2)24-29-21/h5-11H,1-4H3,(H,22,26). The molecular formula is C21H20N4O4S2. The summed E-state index contributed by atoms with van der Waals surface area (Å²) in [6.45, 7) is 3.45. The molecule has 3 aromatic heterocycles. The molecule has 3 heterocycles. The van der Waals surface area contributed by atoms with E-state index in [4.69, 9.17) is 4.52 Å². The summed E-state index contributed by atoms with van der Waals surface area (Å²) in [5, 5.41) is 9.19. The van der Waals surface area contributed by atoms with E-state index in [2.05, 4.69) is 15.5 Å². The Kier molecular flexibility index (Phi) is 5.38. The predicted molar refractivity (Wildman–Crippen MR) is 120 cm³/mol. The molecular weight excluding hydrogens is 436 g/mol. The number of nitrogens with one attached hydrogen (secondary N) is 1. The SMILES string of the molecule is Cc1ccc(NC(=O)c2cc(-c3cccs3)nc3onc(C)c23)cc1S(=O)(=O)N(C)C. The Hall–Kier alpha value is -3.08. The lowest BCUT2D eigenvalue weighted by atomic mass is 10.1. The van der Waals surface area contributed by atoms with Crippen LogP contribution in [0.1, 0.15) is 21.6 Å². The van der Waals surface area contributed by atoms with Gasteiger partial charge in [-0.15, -0.1) is 11.3 Å². The maximum atomic E-state index is 13.2. The molecule has 1 N–H and O–H groups in total. The Morgan fingerprint density at radius 1 is 1.16 bits per heavy atom. The number of sulfonamides is 1. The molecule has 8 nitrogen and oxygen atoms in total. The van der Waals surface area contributed by atoms with Gasteiger partial charge in [-0.1, -0.05) is 17.3 Å². The van der Waals surface area contributed by atoms with Crippen molar-refractivity contribution in [3.8, 4) is 10.6 Å². The number of rotatable bonds is 5. The number of pyridine rings is 1. The first-order chi connectivity index (χ1) is 14.7. The number of aromatic nitrogens is 2. The van der Waals surface area contributed by atoms with Crippen molar-refractivity contribution in [2.45, 2.75) is 18.7 Å². The lowest BCUT2D eigenvalue weighted by Gasteiger charge is -2.15. The largest absolute Gasteiger partial charge is 0.335 e. The number of hydrogen-bond acceptors (Lipinski definition) is 7. The Morgan fingerprint density at radius 2 is 1.94 bits per heavy atom. The van der Waals surface area contributed by atoms with E-state index in [0.29, 0.717) is 33.6 Å². The highest BCUT2D eigenvalue weighted by Gasteiger charge is 2.22. The molecule has 10 heteroatoms. The third kappa shape index (κ3) is 3.85. The minimum Gasteiger partial charge on any atom is -0.335 e. The summed E-state index contributed by atoms with van der Waals surface area (Å²) in [4.78, 5) is 18.7. The molecule has 0 fully saturated rings. The summed E-state index contributed by atoms with van der Waals surface area (Å²) in [6, 6.07) is 10.3. The monoisotopic (exact) mass is 456 g/mol. The smallest absolute Gasteiger partial charge is 0.259 e.